The van der Waals surface area contributed by atoms with Gasteiger partial charge in [-0.2, -0.15) is 0 Å². The molecule has 11 heavy (non-hydrogen) atoms. The first-order valence-corrected chi connectivity index (χ1v) is 4.21. The minimum atomic E-state index is 0.298. The summed E-state index contributed by atoms with van der Waals surface area (Å²) < 4.78 is 1.73. The van der Waals surface area contributed by atoms with Gasteiger partial charge in [0.25, 0.3) is 0 Å². The minimum absolute atomic E-state index is 0.298. The van der Waals surface area contributed by atoms with Gasteiger partial charge in [-0.1, -0.05) is 18.2 Å². The lowest BCUT2D eigenvalue weighted by molar-refractivity contribution is 0.456. The Morgan fingerprint density at radius 1 is 1.27 bits per heavy atom. The van der Waals surface area contributed by atoms with Crippen LogP contribution in [0, 0.1) is 0 Å². The van der Waals surface area contributed by atoms with Gasteiger partial charge in [0.2, 0.25) is 5.88 Å². The second-order valence-electron chi connectivity index (χ2n) is 2.34. The van der Waals surface area contributed by atoms with Crippen molar-refractivity contribution in [2.45, 2.75) is 0 Å². The van der Waals surface area contributed by atoms with Crippen LogP contribution in [-0.2, 0) is 0 Å². The van der Waals surface area contributed by atoms with Crippen LogP contribution < -0.4 is 0 Å². The summed E-state index contributed by atoms with van der Waals surface area (Å²) in [5.41, 5.74) is 1.05. The number of hydrogen-bond acceptors (Lipinski definition) is 1. The zero-order valence-electron chi connectivity index (χ0n) is 5.66. The summed E-state index contributed by atoms with van der Waals surface area (Å²) in [6, 6.07) is 9.61. The first-order valence-electron chi connectivity index (χ1n) is 3.24. The zero-order chi connectivity index (χ0) is 7.84. The van der Waals surface area contributed by atoms with Gasteiger partial charge in [-0.25, -0.2) is 0 Å². The molecule has 2 aromatic rings. The third-order valence-corrected chi connectivity index (χ3v) is 2.65. The Hall–Kier alpha value is -0.710. The molecule has 0 aliphatic heterocycles. The van der Waals surface area contributed by atoms with E-state index in [1.807, 2.05) is 24.3 Å². The number of halogens is 1. The number of fused-ring (bicyclic) bond motifs is 1. The van der Waals surface area contributed by atoms with Gasteiger partial charge in [-0.05, 0) is 6.07 Å². The van der Waals surface area contributed by atoms with Gasteiger partial charge in [0.05, 0.1) is 28.4 Å². The summed E-state index contributed by atoms with van der Waals surface area (Å²) >= 11 is 2.06. The quantitative estimate of drug-likeness (QED) is 0.722. The minimum Gasteiger partial charge on any atom is -0.494 e. The van der Waals surface area contributed by atoms with Crippen LogP contribution in [0.5, 0.6) is 5.88 Å². The van der Waals surface area contributed by atoms with Gasteiger partial charge in [0.15, 0.2) is 0 Å². The van der Waals surface area contributed by atoms with Crippen molar-refractivity contribution in [1.29, 1.82) is 0 Å². The van der Waals surface area contributed by atoms with E-state index in [0.717, 1.165) is 10.9 Å². The molecular formula is C8H6INO. The molecule has 0 fully saturated rings. The van der Waals surface area contributed by atoms with Crippen molar-refractivity contribution in [2.75, 3.05) is 0 Å². The predicted molar refractivity (Wildman–Crippen MR) is 53.0 cm³/mol. The number of rotatable bonds is 0. The van der Waals surface area contributed by atoms with Crippen LogP contribution in [0.4, 0.5) is 0 Å². The van der Waals surface area contributed by atoms with E-state index in [-0.39, 0.29) is 0 Å². The molecule has 0 atom stereocenters. The van der Waals surface area contributed by atoms with Crippen molar-refractivity contribution in [2.24, 2.45) is 0 Å². The summed E-state index contributed by atoms with van der Waals surface area (Å²) in [4.78, 5) is 0. The molecular weight excluding hydrogens is 253 g/mol. The highest BCUT2D eigenvalue weighted by atomic mass is 127. The van der Waals surface area contributed by atoms with Crippen molar-refractivity contribution >= 4 is 33.8 Å². The third kappa shape index (κ3) is 0.994. The first-order chi connectivity index (χ1) is 5.29. The van der Waals surface area contributed by atoms with Crippen molar-refractivity contribution in [3.8, 4) is 5.88 Å². The Balaban J connectivity index is 2.92. The first kappa shape index (κ1) is 6.97. The highest BCUT2D eigenvalue weighted by molar-refractivity contribution is 14.1. The Morgan fingerprint density at radius 3 is 2.73 bits per heavy atom. The maximum atomic E-state index is 9.30. The second kappa shape index (κ2) is 2.41. The third-order valence-electron chi connectivity index (χ3n) is 1.63. The van der Waals surface area contributed by atoms with E-state index in [2.05, 4.69) is 22.9 Å². The fourth-order valence-corrected chi connectivity index (χ4v) is 1.69. The fourth-order valence-electron chi connectivity index (χ4n) is 1.11. The lowest BCUT2D eigenvalue weighted by atomic mass is 10.3. The Labute approximate surface area is 77.9 Å². The van der Waals surface area contributed by atoms with Crippen molar-refractivity contribution in [1.82, 2.24) is 2.78 Å². The van der Waals surface area contributed by atoms with Crippen LogP contribution in [0.1, 0.15) is 0 Å². The summed E-state index contributed by atoms with van der Waals surface area (Å²) in [6.07, 6.45) is 0. The van der Waals surface area contributed by atoms with Gasteiger partial charge in [0.1, 0.15) is 0 Å². The monoisotopic (exact) mass is 259 g/mol. The smallest absolute Gasteiger partial charge is 0.201 e. The number of nitrogens with zero attached hydrogens (tertiary/aromatic N) is 1. The zero-order valence-corrected chi connectivity index (χ0v) is 7.82. The van der Waals surface area contributed by atoms with E-state index in [0.29, 0.717) is 5.88 Å². The maximum absolute atomic E-state index is 9.30. The van der Waals surface area contributed by atoms with E-state index >= 15 is 0 Å². The lowest BCUT2D eigenvalue weighted by Gasteiger charge is -1.92. The lowest BCUT2D eigenvalue weighted by Crippen LogP contribution is -1.74. The molecule has 1 heterocycles. The predicted octanol–water partition coefficient (Wildman–Crippen LogP) is 2.55. The van der Waals surface area contributed by atoms with E-state index in [1.54, 1.807) is 8.85 Å². The normalized spacial score (nSPS) is 10.6. The molecule has 0 saturated heterocycles. The molecule has 0 radical (unpaired) electrons. The average Bonchev–Trinajstić information content (AvgIpc) is 2.30. The number of para-hydroxylation sites is 1. The van der Waals surface area contributed by atoms with Crippen LogP contribution in [0.25, 0.3) is 10.9 Å². The van der Waals surface area contributed by atoms with Crippen LogP contribution >= 0.6 is 22.9 Å². The maximum Gasteiger partial charge on any atom is 0.201 e. The SMILES string of the molecule is Oc1cc2ccccc2n1I. The topological polar surface area (TPSA) is 25.2 Å². The molecule has 2 nitrogen and oxygen atoms in total. The van der Waals surface area contributed by atoms with Gasteiger partial charge in [-0.15, -0.1) is 0 Å². The van der Waals surface area contributed by atoms with Crippen LogP contribution in [0.15, 0.2) is 30.3 Å². The van der Waals surface area contributed by atoms with Gasteiger partial charge in [0, 0.05) is 11.5 Å². The van der Waals surface area contributed by atoms with Crippen molar-refractivity contribution in [3.63, 3.8) is 0 Å². The molecule has 1 aromatic heterocycles. The Kier molecular flexibility index (Phi) is 1.52. The molecule has 3 heteroatoms. The summed E-state index contributed by atoms with van der Waals surface area (Å²) in [7, 11) is 0. The summed E-state index contributed by atoms with van der Waals surface area (Å²) in [5, 5.41) is 10.4. The van der Waals surface area contributed by atoms with E-state index in [1.165, 1.54) is 0 Å². The number of benzene rings is 1. The number of aromatic nitrogens is 1. The van der Waals surface area contributed by atoms with Gasteiger partial charge in [-0.3, -0.25) is 2.78 Å². The number of aromatic hydroxyl groups is 1. The molecule has 2 rings (SSSR count). The molecule has 0 amide bonds. The van der Waals surface area contributed by atoms with Gasteiger partial charge >= 0.3 is 0 Å². The largest absolute Gasteiger partial charge is 0.494 e. The fraction of sp³-hybridized carbons (Fsp3) is 0. The molecule has 0 aliphatic carbocycles. The Morgan fingerprint density at radius 2 is 2.00 bits per heavy atom. The average molecular weight is 259 g/mol. The molecule has 56 valence electrons. The molecule has 0 saturated carbocycles. The van der Waals surface area contributed by atoms with Crippen LogP contribution in [0.2, 0.25) is 0 Å². The van der Waals surface area contributed by atoms with Crippen LogP contribution in [0.3, 0.4) is 0 Å². The van der Waals surface area contributed by atoms with E-state index in [4.69, 9.17) is 0 Å². The summed E-state index contributed by atoms with van der Waals surface area (Å²) in [6.45, 7) is 0. The molecule has 1 aromatic carbocycles. The molecule has 0 bridgehead atoms. The standard InChI is InChI=1S/C8H6INO/c9-10-7-4-2-1-3-6(7)5-8(10)11/h1-5,11H. The Bertz CT molecular complexity index is 394. The second-order valence-corrected chi connectivity index (χ2v) is 3.31. The van der Waals surface area contributed by atoms with Crippen LogP contribution in [-0.4, -0.2) is 7.89 Å². The summed E-state index contributed by atoms with van der Waals surface area (Å²) in [5.74, 6) is 0.298. The molecule has 1 N–H and O–H groups in total. The van der Waals surface area contributed by atoms with Crippen molar-refractivity contribution in [3.05, 3.63) is 30.3 Å². The highest BCUT2D eigenvalue weighted by Crippen LogP contribution is 2.25. The van der Waals surface area contributed by atoms with E-state index < -0.39 is 0 Å². The molecule has 0 aliphatic rings. The molecule has 0 unspecified atom stereocenters. The van der Waals surface area contributed by atoms with E-state index in [9.17, 15) is 5.11 Å². The number of hydrogen-bond donors (Lipinski definition) is 1. The van der Waals surface area contributed by atoms with Crippen molar-refractivity contribution < 1.29 is 5.11 Å². The molecule has 0 spiro atoms. The van der Waals surface area contributed by atoms with Gasteiger partial charge < -0.3 is 5.11 Å². The highest BCUT2D eigenvalue weighted by Gasteiger charge is 2.02.